The number of hydrogen-bond acceptors (Lipinski definition) is 10. The number of nitrogens with one attached hydrogen (secondary N) is 1. The van der Waals surface area contributed by atoms with E-state index in [-0.39, 0.29) is 29.5 Å². The third kappa shape index (κ3) is 7.77. The van der Waals surface area contributed by atoms with Crippen LogP contribution < -0.4 is 10.1 Å². The number of hydrogen-bond donors (Lipinski definition) is 1. The average Bonchev–Trinajstić information content (AvgIpc) is 3.55. The Morgan fingerprint density at radius 2 is 1.89 bits per heavy atom. The first-order valence-electron chi connectivity index (χ1n) is 14.1. The van der Waals surface area contributed by atoms with E-state index in [0.717, 1.165) is 0 Å². The molecule has 1 unspecified atom stereocenters. The lowest BCUT2D eigenvalue weighted by Crippen LogP contribution is -2.13. The minimum absolute atomic E-state index is 0.00945. The molecule has 1 atom stereocenters. The van der Waals surface area contributed by atoms with E-state index < -0.39 is 22.2 Å². The smallest absolute Gasteiger partial charge is 0.241 e. The van der Waals surface area contributed by atoms with Crippen molar-refractivity contribution in [2.45, 2.75) is 26.1 Å². The number of nitrogens with zero attached hydrogens (tertiary/aromatic N) is 4. The summed E-state index contributed by atoms with van der Waals surface area (Å²) in [4.78, 5) is 17.3. The number of anilines is 2. The van der Waals surface area contributed by atoms with Crippen LogP contribution >= 0.6 is 22.9 Å². The van der Waals surface area contributed by atoms with Crippen LogP contribution in [0.15, 0.2) is 90.7 Å². The zero-order valence-corrected chi connectivity index (χ0v) is 26.9. The van der Waals surface area contributed by atoms with Gasteiger partial charge >= 0.3 is 0 Å². The predicted molar refractivity (Wildman–Crippen MR) is 177 cm³/mol. The number of benzene rings is 3. The fourth-order valence-corrected chi connectivity index (χ4v) is 6.16. The maximum absolute atomic E-state index is 15.4. The van der Waals surface area contributed by atoms with Crippen LogP contribution in [0.1, 0.15) is 29.3 Å². The van der Waals surface area contributed by atoms with E-state index >= 15 is 4.39 Å². The highest BCUT2D eigenvalue weighted by Gasteiger charge is 2.19. The molecule has 3 aromatic heterocycles. The first-order valence-corrected chi connectivity index (χ1v) is 16.4. The molecule has 14 heteroatoms. The van der Waals surface area contributed by atoms with Gasteiger partial charge in [0.05, 0.1) is 22.7 Å². The molecule has 1 N–H and O–H groups in total. The Labute approximate surface area is 278 Å². The van der Waals surface area contributed by atoms with Crippen LogP contribution in [-0.2, 0) is 28.1 Å². The van der Waals surface area contributed by atoms with Gasteiger partial charge in [-0.3, -0.25) is 4.98 Å². The van der Waals surface area contributed by atoms with Crippen LogP contribution in [0.25, 0.3) is 22.2 Å². The Kier molecular flexibility index (Phi) is 9.78. The van der Waals surface area contributed by atoms with Crippen LogP contribution in [0, 0.1) is 11.6 Å². The first kappa shape index (κ1) is 32.1. The Morgan fingerprint density at radius 3 is 2.66 bits per heavy atom. The number of ether oxygens (including phenoxy) is 2. The second-order valence-electron chi connectivity index (χ2n) is 10.2. The number of thiazole rings is 1. The number of pyridine rings is 1. The summed E-state index contributed by atoms with van der Waals surface area (Å²) >= 11 is 7.69. The lowest BCUT2D eigenvalue weighted by Gasteiger charge is -2.13. The van der Waals surface area contributed by atoms with Crippen molar-refractivity contribution in [2.75, 3.05) is 5.32 Å². The second-order valence-corrected chi connectivity index (χ2v) is 12.4. The van der Waals surface area contributed by atoms with Crippen molar-refractivity contribution in [3.8, 4) is 17.0 Å². The van der Waals surface area contributed by atoms with E-state index in [0.29, 0.717) is 55.1 Å². The number of halogens is 3. The molecule has 0 saturated carbocycles. The third-order valence-electron chi connectivity index (χ3n) is 6.89. The second kappa shape index (κ2) is 14.3. The minimum atomic E-state index is -2.61. The lowest BCUT2D eigenvalue weighted by molar-refractivity contribution is 0.213. The van der Waals surface area contributed by atoms with Gasteiger partial charge in [-0.15, -0.1) is 11.3 Å². The zero-order valence-electron chi connectivity index (χ0n) is 24.5. The van der Waals surface area contributed by atoms with Gasteiger partial charge in [0.15, 0.2) is 5.05 Å². The standard InChI is InChI=1S/C33H24ClF2N5O4S2/c1-19(45-31(47(42)43)13-22-7-2-3-10-37-22)33-41-29(17-46-33)24-14-25-28(15-27(24)36)38-18-39-32(25)40-23-8-9-30(26(34)12-23)44-16-20-5-4-6-21(35)11-20/h2-12,14-15,17-19H,13,16H2,1H3,(H,38,39,40). The largest absolute Gasteiger partial charge is 0.487 e. The van der Waals surface area contributed by atoms with E-state index in [4.69, 9.17) is 21.1 Å². The fraction of sp³-hybridized carbons (Fsp3) is 0.121. The molecular formula is C33H24ClF2N5O4S2. The highest BCUT2D eigenvalue weighted by atomic mass is 35.5. The van der Waals surface area contributed by atoms with Gasteiger partial charge in [-0.05, 0) is 61.0 Å². The number of rotatable bonds is 10. The topological polar surface area (TPSA) is 116 Å². The normalized spacial score (nSPS) is 11.7. The van der Waals surface area contributed by atoms with Gasteiger partial charge in [-0.2, -0.15) is 8.42 Å². The van der Waals surface area contributed by atoms with Crippen molar-refractivity contribution in [1.29, 1.82) is 0 Å². The summed E-state index contributed by atoms with van der Waals surface area (Å²) in [6.07, 6.45) is 2.16. The van der Waals surface area contributed by atoms with E-state index in [9.17, 15) is 12.8 Å². The van der Waals surface area contributed by atoms with Crippen molar-refractivity contribution in [3.05, 3.63) is 124 Å². The fourth-order valence-electron chi connectivity index (χ4n) is 4.63. The van der Waals surface area contributed by atoms with E-state index in [2.05, 4.69) is 25.3 Å². The third-order valence-corrected chi connectivity index (χ3v) is 8.81. The quantitative estimate of drug-likeness (QED) is 0.144. The van der Waals surface area contributed by atoms with Gasteiger partial charge < -0.3 is 14.8 Å². The molecule has 0 aliphatic heterocycles. The Bertz CT molecular complexity index is 2210. The summed E-state index contributed by atoms with van der Waals surface area (Å²) in [6.45, 7) is 1.81. The summed E-state index contributed by atoms with van der Waals surface area (Å²) in [6, 6.07) is 19.3. The van der Waals surface area contributed by atoms with Crippen molar-refractivity contribution in [1.82, 2.24) is 19.9 Å². The van der Waals surface area contributed by atoms with Crippen LogP contribution in [0.5, 0.6) is 5.75 Å². The van der Waals surface area contributed by atoms with Gasteiger partial charge in [0.1, 0.15) is 47.2 Å². The molecule has 3 aromatic carbocycles. The highest BCUT2D eigenvalue weighted by Crippen LogP contribution is 2.35. The van der Waals surface area contributed by atoms with E-state index in [1.807, 2.05) is 0 Å². The Balaban J connectivity index is 1.21. The molecule has 6 aromatic rings. The van der Waals surface area contributed by atoms with Crippen molar-refractivity contribution in [3.63, 3.8) is 0 Å². The van der Waals surface area contributed by atoms with E-state index in [1.165, 1.54) is 35.9 Å². The Morgan fingerprint density at radius 1 is 1.02 bits per heavy atom. The molecule has 0 amide bonds. The van der Waals surface area contributed by atoms with Crippen molar-refractivity contribution >= 4 is 60.7 Å². The van der Waals surface area contributed by atoms with Crippen molar-refractivity contribution < 1.29 is 26.7 Å². The molecule has 3 heterocycles. The molecule has 6 rings (SSSR count). The van der Waals surface area contributed by atoms with Crippen LogP contribution in [-0.4, -0.2) is 33.4 Å². The molecule has 0 spiro atoms. The predicted octanol–water partition coefficient (Wildman–Crippen LogP) is 7.73. The summed E-state index contributed by atoms with van der Waals surface area (Å²) in [5, 5.41) is 6.01. The summed E-state index contributed by atoms with van der Waals surface area (Å²) in [5.74, 6) is -0.0769. The summed E-state index contributed by atoms with van der Waals surface area (Å²) < 4.78 is 64.1. The molecule has 47 heavy (non-hydrogen) atoms. The molecule has 0 aliphatic rings. The first-order chi connectivity index (χ1) is 22.7. The van der Waals surface area contributed by atoms with Crippen LogP contribution in [0.3, 0.4) is 0 Å². The summed E-state index contributed by atoms with van der Waals surface area (Å²) in [7, 11) is -2.61. The monoisotopic (exact) mass is 691 g/mol. The molecule has 0 aliphatic carbocycles. The van der Waals surface area contributed by atoms with Gasteiger partial charge in [0, 0.05) is 40.0 Å². The molecule has 0 fully saturated rings. The molecule has 9 nitrogen and oxygen atoms in total. The number of aromatic nitrogens is 4. The van der Waals surface area contributed by atoms with E-state index in [1.54, 1.807) is 73.1 Å². The van der Waals surface area contributed by atoms with Crippen LogP contribution in [0.2, 0.25) is 5.02 Å². The van der Waals surface area contributed by atoms with Crippen LogP contribution in [0.4, 0.5) is 20.3 Å². The van der Waals surface area contributed by atoms with Gasteiger partial charge in [0.2, 0.25) is 10.3 Å². The SMILES string of the molecule is CC(OC(Cc1ccccn1)=S(=O)=O)c1nc(-c2cc3c(Nc4ccc(OCc5cccc(F)c5)c(Cl)c4)ncnc3cc2F)cs1. The Hall–Kier alpha value is -4.82. The molecular weight excluding hydrogens is 668 g/mol. The van der Waals surface area contributed by atoms with Gasteiger partial charge in [0.25, 0.3) is 0 Å². The summed E-state index contributed by atoms with van der Waals surface area (Å²) in [5.41, 5.74) is 2.70. The molecule has 0 radical (unpaired) electrons. The average molecular weight is 692 g/mol. The van der Waals surface area contributed by atoms with Gasteiger partial charge in [-0.25, -0.2) is 23.7 Å². The van der Waals surface area contributed by atoms with Crippen molar-refractivity contribution in [2.24, 2.45) is 0 Å². The zero-order chi connectivity index (χ0) is 32.9. The molecule has 238 valence electrons. The van der Waals surface area contributed by atoms with Gasteiger partial charge in [-0.1, -0.05) is 29.8 Å². The number of fused-ring (bicyclic) bond motifs is 1. The highest BCUT2D eigenvalue weighted by molar-refractivity contribution is 7.72. The maximum atomic E-state index is 15.4. The minimum Gasteiger partial charge on any atom is -0.487 e. The lowest BCUT2D eigenvalue weighted by atomic mass is 10.1. The molecule has 0 bridgehead atoms. The maximum Gasteiger partial charge on any atom is 0.241 e. The molecule has 0 saturated heterocycles.